The van der Waals surface area contributed by atoms with Crippen LogP contribution in [0.2, 0.25) is 0 Å². The highest BCUT2D eigenvalue weighted by atomic mass is 19.2. The minimum absolute atomic E-state index is 0.0891. The molecule has 4 nitrogen and oxygen atoms in total. The highest BCUT2D eigenvalue weighted by Gasteiger charge is 2.41. The highest BCUT2D eigenvalue weighted by molar-refractivity contribution is 5.66. The number of rotatable bonds is 7. The van der Waals surface area contributed by atoms with Crippen LogP contribution in [0.4, 0.5) is 8.78 Å². The molecule has 0 radical (unpaired) electrons. The summed E-state index contributed by atoms with van der Waals surface area (Å²) in [6, 6.07) is 3.01. The second-order valence-corrected chi connectivity index (χ2v) is 8.66. The van der Waals surface area contributed by atoms with Crippen molar-refractivity contribution in [1.82, 2.24) is 0 Å². The lowest BCUT2D eigenvalue weighted by Gasteiger charge is -2.42. The van der Waals surface area contributed by atoms with Crippen molar-refractivity contribution in [2.24, 2.45) is 11.8 Å². The molecule has 1 saturated carbocycles. The largest absolute Gasteiger partial charge is 0.491 e. The molecule has 0 amide bonds. The van der Waals surface area contributed by atoms with Gasteiger partial charge >= 0.3 is 5.97 Å². The molecule has 168 valence electrons. The summed E-state index contributed by atoms with van der Waals surface area (Å²) in [4.78, 5) is 11.7. The minimum atomic E-state index is -0.977. The Kier molecular flexibility index (Phi) is 8.09. The number of carbonyl (C=O) groups is 1. The lowest BCUT2D eigenvalue weighted by atomic mass is 9.74. The van der Waals surface area contributed by atoms with Crippen LogP contribution in [0.25, 0.3) is 0 Å². The number of halogens is 2. The predicted octanol–water partition coefficient (Wildman–Crippen LogP) is 5.77. The average molecular weight is 425 g/mol. The first-order valence-electron chi connectivity index (χ1n) is 11.3. The van der Waals surface area contributed by atoms with Gasteiger partial charge in [-0.1, -0.05) is 38.7 Å². The quantitative estimate of drug-likeness (QED) is 0.521. The monoisotopic (exact) mass is 424 g/mol. The summed E-state index contributed by atoms with van der Waals surface area (Å²) in [5.41, 5.74) is 0.248. The highest BCUT2D eigenvalue weighted by Crippen LogP contribution is 2.41. The van der Waals surface area contributed by atoms with Gasteiger partial charge in [-0.05, 0) is 49.7 Å². The summed E-state index contributed by atoms with van der Waals surface area (Å²) in [7, 11) is 0. The fourth-order valence-electron chi connectivity index (χ4n) is 5.14. The summed E-state index contributed by atoms with van der Waals surface area (Å²) in [5, 5.41) is 0. The third-order valence-electron chi connectivity index (χ3n) is 6.56. The van der Waals surface area contributed by atoms with Crippen molar-refractivity contribution >= 4 is 5.97 Å². The maximum atomic E-state index is 14.7. The van der Waals surface area contributed by atoms with Crippen LogP contribution < -0.4 is 4.74 Å². The van der Waals surface area contributed by atoms with Crippen LogP contribution in [-0.2, 0) is 14.3 Å². The van der Waals surface area contributed by atoms with E-state index < -0.39 is 17.7 Å². The van der Waals surface area contributed by atoms with Crippen LogP contribution in [0.1, 0.15) is 77.2 Å². The standard InChI is InChI=1S/C24H34F2O4/c1-4-6-16-7-9-17(10-8-16)24-21(30-15(3)27)13-18(14-29-24)19-11-12-20(28-5-2)23(26)22(19)25/h11-12,16-18,21,24H,4-10,13-14H2,1-3H3/t16?,17?,18-,21+,24-/m1/s1. The maximum absolute atomic E-state index is 14.7. The molecule has 3 atom stereocenters. The molecule has 2 aliphatic rings. The molecule has 1 saturated heterocycles. The average Bonchev–Trinajstić information content (AvgIpc) is 2.72. The van der Waals surface area contributed by atoms with E-state index in [0.717, 1.165) is 18.8 Å². The molecule has 1 aromatic carbocycles. The molecule has 0 aromatic heterocycles. The summed E-state index contributed by atoms with van der Waals surface area (Å²) >= 11 is 0. The Labute approximate surface area is 178 Å². The van der Waals surface area contributed by atoms with E-state index in [1.807, 2.05) is 0 Å². The van der Waals surface area contributed by atoms with E-state index in [9.17, 15) is 13.6 Å². The SMILES string of the molecule is CCCC1CCC([C@H]2OC[C@H](c3ccc(OCC)c(F)c3F)C[C@@H]2OC(C)=O)CC1. The van der Waals surface area contributed by atoms with E-state index >= 15 is 0 Å². The van der Waals surface area contributed by atoms with Crippen LogP contribution in [0, 0.1) is 23.5 Å². The second-order valence-electron chi connectivity index (χ2n) is 8.66. The third-order valence-corrected chi connectivity index (χ3v) is 6.56. The molecule has 1 heterocycles. The van der Waals surface area contributed by atoms with Crippen LogP contribution in [0.3, 0.4) is 0 Å². The molecule has 30 heavy (non-hydrogen) atoms. The maximum Gasteiger partial charge on any atom is 0.302 e. The molecule has 1 aliphatic heterocycles. The number of hydrogen-bond acceptors (Lipinski definition) is 4. The molecule has 0 unspecified atom stereocenters. The predicted molar refractivity (Wildman–Crippen MR) is 111 cm³/mol. The fourth-order valence-corrected chi connectivity index (χ4v) is 5.14. The Hall–Kier alpha value is -1.69. The van der Waals surface area contributed by atoms with Gasteiger partial charge in [-0.2, -0.15) is 4.39 Å². The summed E-state index contributed by atoms with van der Waals surface area (Å²) < 4.78 is 46.0. The first-order valence-corrected chi connectivity index (χ1v) is 11.3. The first kappa shape index (κ1) is 23.0. The molecular formula is C24H34F2O4. The van der Waals surface area contributed by atoms with Gasteiger partial charge < -0.3 is 14.2 Å². The van der Waals surface area contributed by atoms with Crippen LogP contribution in [-0.4, -0.2) is 31.4 Å². The van der Waals surface area contributed by atoms with Crippen molar-refractivity contribution in [2.45, 2.75) is 83.8 Å². The van der Waals surface area contributed by atoms with Crippen LogP contribution in [0.5, 0.6) is 5.75 Å². The van der Waals surface area contributed by atoms with Gasteiger partial charge in [0.05, 0.1) is 19.3 Å². The van der Waals surface area contributed by atoms with Gasteiger partial charge in [0.1, 0.15) is 6.10 Å². The number of hydrogen-bond donors (Lipinski definition) is 0. The second kappa shape index (κ2) is 10.6. The zero-order valence-corrected chi connectivity index (χ0v) is 18.3. The molecule has 1 aliphatic carbocycles. The van der Waals surface area contributed by atoms with Crippen LogP contribution in [0.15, 0.2) is 12.1 Å². The number of esters is 1. The van der Waals surface area contributed by atoms with Crippen molar-refractivity contribution < 1.29 is 27.8 Å². The van der Waals surface area contributed by atoms with E-state index in [1.54, 1.807) is 13.0 Å². The fraction of sp³-hybridized carbons (Fsp3) is 0.708. The molecule has 3 rings (SSSR count). The van der Waals surface area contributed by atoms with Gasteiger partial charge in [0.2, 0.25) is 5.82 Å². The summed E-state index contributed by atoms with van der Waals surface area (Å²) in [6.45, 7) is 5.88. The van der Waals surface area contributed by atoms with Gasteiger partial charge in [-0.3, -0.25) is 4.79 Å². The van der Waals surface area contributed by atoms with E-state index in [0.29, 0.717) is 18.9 Å². The third kappa shape index (κ3) is 5.32. The number of ether oxygens (including phenoxy) is 3. The van der Waals surface area contributed by atoms with Gasteiger partial charge in [0.25, 0.3) is 0 Å². The molecular weight excluding hydrogens is 390 g/mol. The summed E-state index contributed by atoms with van der Waals surface area (Å²) in [6.07, 6.45) is 6.75. The molecule has 0 bridgehead atoms. The van der Waals surface area contributed by atoms with Crippen molar-refractivity contribution in [3.05, 3.63) is 29.3 Å². The van der Waals surface area contributed by atoms with Gasteiger partial charge in [0, 0.05) is 12.8 Å². The van der Waals surface area contributed by atoms with Gasteiger partial charge in [0.15, 0.2) is 11.6 Å². The minimum Gasteiger partial charge on any atom is -0.491 e. The van der Waals surface area contributed by atoms with Crippen molar-refractivity contribution in [1.29, 1.82) is 0 Å². The van der Waals surface area contributed by atoms with Crippen LogP contribution >= 0.6 is 0 Å². The van der Waals surface area contributed by atoms with E-state index in [4.69, 9.17) is 14.2 Å². The number of carbonyl (C=O) groups excluding carboxylic acids is 1. The van der Waals surface area contributed by atoms with E-state index in [2.05, 4.69) is 6.92 Å². The normalized spacial score (nSPS) is 29.4. The molecule has 1 aromatic rings. The van der Waals surface area contributed by atoms with E-state index in [1.165, 1.54) is 38.7 Å². The molecule has 0 N–H and O–H groups in total. The molecule has 6 heteroatoms. The van der Waals surface area contributed by atoms with Gasteiger partial charge in [-0.25, -0.2) is 4.39 Å². The zero-order chi connectivity index (χ0) is 21.7. The van der Waals surface area contributed by atoms with E-state index in [-0.39, 0.29) is 35.9 Å². The Morgan fingerprint density at radius 2 is 1.87 bits per heavy atom. The molecule has 2 fully saturated rings. The smallest absolute Gasteiger partial charge is 0.302 e. The topological polar surface area (TPSA) is 44.8 Å². The lowest BCUT2D eigenvalue weighted by Crippen LogP contribution is -2.46. The van der Waals surface area contributed by atoms with Crippen molar-refractivity contribution in [2.75, 3.05) is 13.2 Å². The van der Waals surface area contributed by atoms with Crippen molar-refractivity contribution in [3.63, 3.8) is 0 Å². The van der Waals surface area contributed by atoms with Gasteiger partial charge in [-0.15, -0.1) is 0 Å². The Morgan fingerprint density at radius 3 is 2.50 bits per heavy atom. The summed E-state index contributed by atoms with van der Waals surface area (Å²) in [5.74, 6) is -1.60. The molecule has 0 spiro atoms. The zero-order valence-electron chi connectivity index (χ0n) is 18.3. The Balaban J connectivity index is 1.72. The Morgan fingerprint density at radius 1 is 1.13 bits per heavy atom. The lowest BCUT2D eigenvalue weighted by molar-refractivity contribution is -0.170. The van der Waals surface area contributed by atoms with Crippen molar-refractivity contribution in [3.8, 4) is 5.75 Å². The Bertz CT molecular complexity index is 715. The first-order chi connectivity index (χ1) is 14.4. The number of benzene rings is 1.